The van der Waals surface area contributed by atoms with Gasteiger partial charge in [-0.1, -0.05) is 24.3 Å². The third-order valence-electron chi connectivity index (χ3n) is 5.31. The summed E-state index contributed by atoms with van der Waals surface area (Å²) in [4.78, 5) is 28.2. The number of carbonyl (C=O) groups excluding carboxylic acids is 2. The number of para-hydroxylation sites is 1. The van der Waals surface area contributed by atoms with Crippen molar-refractivity contribution in [3.8, 4) is 0 Å². The highest BCUT2D eigenvalue weighted by Crippen LogP contribution is 2.36. The Labute approximate surface area is 179 Å². The second kappa shape index (κ2) is 9.59. The molecular formula is C22H24FN3O3S. The molecular weight excluding hydrogens is 405 g/mol. The number of anilines is 1. The van der Waals surface area contributed by atoms with Crippen molar-refractivity contribution >= 4 is 29.3 Å². The van der Waals surface area contributed by atoms with Gasteiger partial charge in [0.25, 0.3) is 0 Å². The minimum absolute atomic E-state index is 0.0768. The molecule has 0 saturated carbocycles. The van der Waals surface area contributed by atoms with Gasteiger partial charge >= 0.3 is 0 Å². The van der Waals surface area contributed by atoms with Gasteiger partial charge in [-0.3, -0.25) is 14.5 Å². The van der Waals surface area contributed by atoms with Crippen molar-refractivity contribution in [2.24, 2.45) is 0 Å². The Balaban J connectivity index is 1.39. The number of thioether (sulfide) groups is 1. The van der Waals surface area contributed by atoms with E-state index >= 15 is 0 Å². The first-order valence-corrected chi connectivity index (χ1v) is 10.9. The van der Waals surface area contributed by atoms with Crippen molar-refractivity contribution in [1.29, 1.82) is 0 Å². The van der Waals surface area contributed by atoms with Gasteiger partial charge in [0.2, 0.25) is 11.8 Å². The third kappa shape index (κ3) is 5.00. The van der Waals surface area contributed by atoms with Crippen LogP contribution in [-0.2, 0) is 14.3 Å². The molecule has 30 heavy (non-hydrogen) atoms. The molecule has 2 aromatic carbocycles. The largest absolute Gasteiger partial charge is 0.379 e. The Kier molecular flexibility index (Phi) is 6.66. The van der Waals surface area contributed by atoms with Gasteiger partial charge in [0.05, 0.1) is 30.2 Å². The summed E-state index contributed by atoms with van der Waals surface area (Å²) < 4.78 is 18.8. The molecule has 2 N–H and O–H groups in total. The number of rotatable bonds is 6. The van der Waals surface area contributed by atoms with Crippen LogP contribution in [0.25, 0.3) is 0 Å². The topological polar surface area (TPSA) is 70.7 Å². The summed E-state index contributed by atoms with van der Waals surface area (Å²) in [6.07, 6.45) is 0.101. The van der Waals surface area contributed by atoms with Crippen LogP contribution < -0.4 is 10.6 Å². The van der Waals surface area contributed by atoms with E-state index in [1.807, 2.05) is 24.3 Å². The van der Waals surface area contributed by atoms with E-state index in [0.29, 0.717) is 19.8 Å². The minimum Gasteiger partial charge on any atom is -0.379 e. The summed E-state index contributed by atoms with van der Waals surface area (Å²) in [6.45, 7) is 3.14. The van der Waals surface area contributed by atoms with E-state index in [0.717, 1.165) is 29.2 Å². The van der Waals surface area contributed by atoms with Crippen LogP contribution >= 0.6 is 11.8 Å². The van der Waals surface area contributed by atoms with E-state index in [9.17, 15) is 14.0 Å². The molecule has 0 aliphatic carbocycles. The first kappa shape index (κ1) is 20.8. The van der Waals surface area contributed by atoms with Crippen molar-refractivity contribution < 1.29 is 18.7 Å². The second-order valence-electron chi connectivity index (χ2n) is 7.32. The van der Waals surface area contributed by atoms with E-state index in [2.05, 4.69) is 15.5 Å². The SMILES string of the molecule is O=C(C[C@@H]1Sc2ccccc2NC1=O)NC[C@H](c1ccc(F)cc1)N1CCOCC1. The lowest BCUT2D eigenvalue weighted by atomic mass is 10.0. The maximum Gasteiger partial charge on any atom is 0.238 e. The summed E-state index contributed by atoms with van der Waals surface area (Å²) >= 11 is 1.41. The van der Waals surface area contributed by atoms with E-state index in [-0.39, 0.29) is 30.1 Å². The molecule has 8 heteroatoms. The van der Waals surface area contributed by atoms with Crippen molar-refractivity contribution in [3.63, 3.8) is 0 Å². The quantitative estimate of drug-likeness (QED) is 0.739. The van der Waals surface area contributed by atoms with Crippen LogP contribution in [0.1, 0.15) is 18.0 Å². The van der Waals surface area contributed by atoms with Crippen molar-refractivity contribution in [3.05, 3.63) is 59.9 Å². The van der Waals surface area contributed by atoms with E-state index in [1.54, 1.807) is 12.1 Å². The maximum atomic E-state index is 13.4. The molecule has 0 unspecified atom stereocenters. The highest BCUT2D eigenvalue weighted by atomic mass is 32.2. The first-order valence-electron chi connectivity index (χ1n) is 10.0. The van der Waals surface area contributed by atoms with Crippen LogP contribution in [0.2, 0.25) is 0 Å². The summed E-state index contributed by atoms with van der Waals surface area (Å²) in [7, 11) is 0. The molecule has 2 aliphatic rings. The van der Waals surface area contributed by atoms with Gasteiger partial charge in [0.15, 0.2) is 0 Å². The minimum atomic E-state index is -0.465. The molecule has 2 aromatic rings. The van der Waals surface area contributed by atoms with E-state index in [1.165, 1.54) is 23.9 Å². The molecule has 2 aliphatic heterocycles. The fourth-order valence-corrected chi connectivity index (χ4v) is 4.82. The lowest BCUT2D eigenvalue weighted by molar-refractivity contribution is -0.124. The zero-order chi connectivity index (χ0) is 20.9. The number of fused-ring (bicyclic) bond motifs is 1. The molecule has 1 saturated heterocycles. The average Bonchev–Trinajstić information content (AvgIpc) is 2.76. The summed E-state index contributed by atoms with van der Waals surface area (Å²) in [5, 5.41) is 5.38. The number of benzene rings is 2. The highest BCUT2D eigenvalue weighted by molar-refractivity contribution is 8.01. The monoisotopic (exact) mass is 429 g/mol. The Bertz CT molecular complexity index is 903. The van der Waals surface area contributed by atoms with Crippen molar-refractivity contribution in [1.82, 2.24) is 10.2 Å². The molecule has 6 nitrogen and oxygen atoms in total. The Hall–Kier alpha value is -2.42. The first-order chi connectivity index (χ1) is 14.6. The average molecular weight is 430 g/mol. The molecule has 2 amide bonds. The van der Waals surface area contributed by atoms with Gasteiger partial charge in [-0.05, 0) is 29.8 Å². The summed E-state index contributed by atoms with van der Waals surface area (Å²) in [5.74, 6) is -0.622. The number of ether oxygens (including phenoxy) is 1. The molecule has 0 radical (unpaired) electrons. The van der Waals surface area contributed by atoms with Gasteiger partial charge in [-0.25, -0.2) is 4.39 Å². The molecule has 1 fully saturated rings. The van der Waals surface area contributed by atoms with Crippen molar-refractivity contribution in [2.45, 2.75) is 22.6 Å². The van der Waals surface area contributed by atoms with Gasteiger partial charge in [0.1, 0.15) is 5.82 Å². The molecule has 158 valence electrons. The lowest BCUT2D eigenvalue weighted by Crippen LogP contribution is -2.44. The number of nitrogens with one attached hydrogen (secondary N) is 2. The predicted octanol–water partition coefficient (Wildman–Crippen LogP) is 2.82. The fraction of sp³-hybridized carbons (Fsp3) is 0.364. The molecule has 0 aromatic heterocycles. The zero-order valence-corrected chi connectivity index (χ0v) is 17.3. The number of halogens is 1. The van der Waals surface area contributed by atoms with Gasteiger partial charge in [-0.2, -0.15) is 0 Å². The predicted molar refractivity (Wildman–Crippen MR) is 114 cm³/mol. The number of carbonyl (C=O) groups is 2. The number of hydrogen-bond donors (Lipinski definition) is 2. The van der Waals surface area contributed by atoms with Gasteiger partial charge in [-0.15, -0.1) is 11.8 Å². The van der Waals surface area contributed by atoms with Crippen LogP contribution in [0.15, 0.2) is 53.4 Å². The highest BCUT2D eigenvalue weighted by Gasteiger charge is 2.29. The molecule has 2 heterocycles. The molecule has 4 rings (SSSR count). The Morgan fingerprint density at radius 3 is 2.70 bits per heavy atom. The Morgan fingerprint density at radius 1 is 1.20 bits per heavy atom. The van der Waals surface area contributed by atoms with Crippen LogP contribution in [-0.4, -0.2) is 54.8 Å². The zero-order valence-electron chi connectivity index (χ0n) is 16.5. The third-order valence-corrected chi connectivity index (χ3v) is 6.59. The van der Waals surface area contributed by atoms with E-state index < -0.39 is 5.25 Å². The molecule has 2 atom stereocenters. The number of amides is 2. The number of nitrogens with zero attached hydrogens (tertiary/aromatic N) is 1. The maximum absolute atomic E-state index is 13.4. The summed E-state index contributed by atoms with van der Waals surface area (Å²) in [5.41, 5.74) is 1.73. The Morgan fingerprint density at radius 2 is 1.93 bits per heavy atom. The van der Waals surface area contributed by atoms with Crippen molar-refractivity contribution in [2.75, 3.05) is 38.2 Å². The standard InChI is InChI=1S/C22H24FN3O3S/c23-16-7-5-15(6-8-16)18(26-9-11-29-12-10-26)14-24-21(27)13-20-22(28)25-17-3-1-2-4-19(17)30-20/h1-8,18,20H,9-14H2,(H,24,27)(H,25,28)/t18-,20+/m1/s1. The van der Waals surface area contributed by atoms with E-state index in [4.69, 9.17) is 4.74 Å². The van der Waals surface area contributed by atoms with Crippen LogP contribution in [0.5, 0.6) is 0 Å². The van der Waals surface area contributed by atoms with Gasteiger partial charge < -0.3 is 15.4 Å². The second-order valence-corrected chi connectivity index (χ2v) is 8.56. The summed E-state index contributed by atoms with van der Waals surface area (Å²) in [6, 6.07) is 13.9. The normalized spacial score (nSPS) is 20.2. The fourth-order valence-electron chi connectivity index (χ4n) is 3.71. The molecule has 0 spiro atoms. The lowest BCUT2D eigenvalue weighted by Gasteiger charge is -2.35. The van der Waals surface area contributed by atoms with Crippen LogP contribution in [0.3, 0.4) is 0 Å². The number of morpholine rings is 1. The van der Waals surface area contributed by atoms with Crippen LogP contribution in [0, 0.1) is 5.82 Å². The van der Waals surface area contributed by atoms with Gasteiger partial charge in [0, 0.05) is 31.0 Å². The van der Waals surface area contributed by atoms with Crippen LogP contribution in [0.4, 0.5) is 10.1 Å². The number of hydrogen-bond acceptors (Lipinski definition) is 5. The molecule has 0 bridgehead atoms. The smallest absolute Gasteiger partial charge is 0.238 e.